The number of carbonyl (C=O) groups is 2. The predicted molar refractivity (Wildman–Crippen MR) is 131 cm³/mol. The van der Waals surface area contributed by atoms with Crippen molar-refractivity contribution in [3.8, 4) is 5.69 Å². The van der Waals surface area contributed by atoms with Gasteiger partial charge in [-0.1, -0.05) is 30.3 Å². The molecule has 7 nitrogen and oxygen atoms in total. The number of hydrogen-bond donors (Lipinski definition) is 3. The van der Waals surface area contributed by atoms with E-state index in [1.54, 1.807) is 48.5 Å². The number of aromatic nitrogens is 1. The lowest BCUT2D eigenvalue weighted by atomic mass is 10.0. The van der Waals surface area contributed by atoms with Crippen LogP contribution in [0.5, 0.6) is 0 Å². The normalized spacial score (nSPS) is 10.7. The summed E-state index contributed by atoms with van der Waals surface area (Å²) in [5.41, 5.74) is 7.79. The molecule has 0 aliphatic carbocycles. The monoisotopic (exact) mass is 489 g/mol. The molecule has 182 valence electrons. The summed E-state index contributed by atoms with van der Waals surface area (Å²) in [5.74, 6) is -3.73. The van der Waals surface area contributed by atoms with Gasteiger partial charge in [0, 0.05) is 24.4 Å². The minimum atomic E-state index is -1.03. The molecule has 0 saturated carbocycles. The molecule has 4 aromatic rings. The first-order chi connectivity index (χ1) is 17.2. The van der Waals surface area contributed by atoms with E-state index in [0.717, 1.165) is 28.3 Å². The number of nitrogens with zero attached hydrogens (tertiary/aromatic N) is 1. The molecule has 0 spiro atoms. The fraction of sp³-hybridized carbons (Fsp3) is 0.0741. The number of nitrogen functional groups attached to an aromatic ring is 1. The Morgan fingerprint density at radius 2 is 1.61 bits per heavy atom. The van der Waals surface area contributed by atoms with Crippen molar-refractivity contribution in [2.75, 3.05) is 11.1 Å². The van der Waals surface area contributed by atoms with Gasteiger partial charge in [0.1, 0.15) is 17.5 Å². The van der Waals surface area contributed by atoms with Crippen LogP contribution in [0.1, 0.15) is 27.0 Å². The predicted octanol–water partition coefficient (Wildman–Crippen LogP) is 4.17. The number of ketones is 1. The van der Waals surface area contributed by atoms with E-state index in [-0.39, 0.29) is 23.4 Å². The molecule has 4 N–H and O–H groups in total. The zero-order chi connectivity index (χ0) is 25.8. The lowest BCUT2D eigenvalue weighted by molar-refractivity contribution is -0.136. The summed E-state index contributed by atoms with van der Waals surface area (Å²) >= 11 is 0. The van der Waals surface area contributed by atoms with Gasteiger partial charge >= 0.3 is 5.97 Å². The molecule has 0 fully saturated rings. The minimum absolute atomic E-state index is 0.0964. The molecule has 9 heteroatoms. The summed E-state index contributed by atoms with van der Waals surface area (Å²) in [7, 11) is 0. The van der Waals surface area contributed by atoms with E-state index in [4.69, 9.17) is 10.8 Å². The lowest BCUT2D eigenvalue weighted by Crippen LogP contribution is -2.23. The van der Waals surface area contributed by atoms with Crippen molar-refractivity contribution in [2.45, 2.75) is 13.0 Å². The molecule has 0 atom stereocenters. The first-order valence-corrected chi connectivity index (χ1v) is 10.9. The number of anilines is 2. The van der Waals surface area contributed by atoms with Gasteiger partial charge in [-0.05, 0) is 47.5 Å². The number of rotatable bonds is 8. The molecule has 1 aromatic heterocycles. The topological polar surface area (TPSA) is 114 Å². The zero-order valence-corrected chi connectivity index (χ0v) is 18.9. The van der Waals surface area contributed by atoms with Crippen molar-refractivity contribution in [3.63, 3.8) is 0 Å². The SMILES string of the molecule is Nc1c(C(=O)c2ccc(F)cc2F)ccc(=O)n1-c1ccc(CNc2ccccc2CC(=O)O)cc1. The Bertz CT molecular complexity index is 1510. The highest BCUT2D eigenvalue weighted by atomic mass is 19.1. The molecule has 36 heavy (non-hydrogen) atoms. The van der Waals surface area contributed by atoms with Crippen molar-refractivity contribution in [1.29, 1.82) is 0 Å². The quantitative estimate of drug-likeness (QED) is 0.320. The number of carboxylic acids is 1. The largest absolute Gasteiger partial charge is 0.481 e. The lowest BCUT2D eigenvalue weighted by Gasteiger charge is -2.14. The van der Waals surface area contributed by atoms with Crippen molar-refractivity contribution < 1.29 is 23.5 Å². The van der Waals surface area contributed by atoms with Crippen molar-refractivity contribution in [2.24, 2.45) is 0 Å². The smallest absolute Gasteiger partial charge is 0.307 e. The van der Waals surface area contributed by atoms with Crippen LogP contribution in [0.25, 0.3) is 5.69 Å². The van der Waals surface area contributed by atoms with Gasteiger partial charge in [0.15, 0.2) is 5.78 Å². The van der Waals surface area contributed by atoms with Gasteiger partial charge in [0.05, 0.1) is 23.2 Å². The van der Waals surface area contributed by atoms with Gasteiger partial charge in [0.25, 0.3) is 5.56 Å². The molecule has 4 rings (SSSR count). The van der Waals surface area contributed by atoms with Crippen LogP contribution in [-0.4, -0.2) is 21.4 Å². The molecule has 0 saturated heterocycles. The van der Waals surface area contributed by atoms with Crippen LogP contribution in [-0.2, 0) is 17.8 Å². The van der Waals surface area contributed by atoms with E-state index in [1.165, 1.54) is 6.07 Å². The molecule has 0 amide bonds. The number of nitrogens with one attached hydrogen (secondary N) is 1. The summed E-state index contributed by atoms with van der Waals surface area (Å²) < 4.78 is 28.5. The van der Waals surface area contributed by atoms with Crippen LogP contribution in [0.3, 0.4) is 0 Å². The summed E-state index contributed by atoms with van der Waals surface area (Å²) in [6.07, 6.45) is -0.110. The highest BCUT2D eigenvalue weighted by molar-refractivity contribution is 6.11. The molecule has 0 bridgehead atoms. The average Bonchev–Trinajstić information content (AvgIpc) is 2.84. The first kappa shape index (κ1) is 24.3. The Balaban J connectivity index is 1.58. The molecule has 0 radical (unpaired) electrons. The number of pyridine rings is 1. The summed E-state index contributed by atoms with van der Waals surface area (Å²) in [5, 5.41) is 12.3. The maximum atomic E-state index is 14.1. The molecule has 3 aromatic carbocycles. The number of halogens is 2. The fourth-order valence-corrected chi connectivity index (χ4v) is 3.80. The van der Waals surface area contributed by atoms with E-state index >= 15 is 0 Å². The van der Waals surface area contributed by atoms with Crippen LogP contribution in [0, 0.1) is 11.6 Å². The Kier molecular flexibility index (Phi) is 6.91. The number of carbonyl (C=O) groups excluding carboxylic acids is 1. The first-order valence-electron chi connectivity index (χ1n) is 10.9. The molecular formula is C27H21F2N3O4. The van der Waals surface area contributed by atoms with Crippen molar-refractivity contribution in [3.05, 3.63) is 123 Å². The van der Waals surface area contributed by atoms with E-state index in [9.17, 15) is 23.2 Å². The van der Waals surface area contributed by atoms with Crippen LogP contribution >= 0.6 is 0 Å². The van der Waals surface area contributed by atoms with Crippen LogP contribution in [0.4, 0.5) is 20.3 Å². The number of aliphatic carboxylic acids is 1. The Labute approximate surface area is 204 Å². The van der Waals surface area contributed by atoms with Gasteiger partial charge in [-0.15, -0.1) is 0 Å². The summed E-state index contributed by atoms with van der Waals surface area (Å²) in [4.78, 5) is 36.5. The van der Waals surface area contributed by atoms with Gasteiger partial charge in [0.2, 0.25) is 0 Å². The number of carboxylic acid groups (broad SMARTS) is 1. The second-order valence-corrected chi connectivity index (χ2v) is 8.01. The standard InChI is InChI=1S/C27H21F2N3O4/c28-18-7-10-20(22(29)14-18)26(36)21-11-12-24(33)32(27(21)30)19-8-5-16(6-9-19)15-31-23-4-2-1-3-17(23)13-25(34)35/h1-12,14,31H,13,15,30H2,(H,34,35). The highest BCUT2D eigenvalue weighted by Crippen LogP contribution is 2.22. The maximum absolute atomic E-state index is 14.1. The summed E-state index contributed by atoms with van der Waals surface area (Å²) in [6.45, 7) is 0.393. The van der Waals surface area contributed by atoms with Crippen molar-refractivity contribution in [1.82, 2.24) is 4.57 Å². The molecule has 0 aliphatic heterocycles. The second kappa shape index (κ2) is 10.2. The van der Waals surface area contributed by atoms with Gasteiger partial charge in [-0.2, -0.15) is 0 Å². The molecule has 0 aliphatic rings. The van der Waals surface area contributed by atoms with Crippen molar-refractivity contribution >= 4 is 23.3 Å². The number of hydrogen-bond acceptors (Lipinski definition) is 5. The van der Waals surface area contributed by atoms with Crippen LogP contribution in [0.15, 0.2) is 83.7 Å². The third-order valence-electron chi connectivity index (χ3n) is 5.59. The molecular weight excluding hydrogens is 468 g/mol. The number of benzene rings is 3. The number of para-hydroxylation sites is 1. The Hall–Kier alpha value is -4.79. The summed E-state index contributed by atoms with van der Waals surface area (Å²) in [6, 6.07) is 18.9. The van der Waals surface area contributed by atoms with E-state index in [0.29, 0.717) is 29.5 Å². The van der Waals surface area contributed by atoms with Crippen LogP contribution in [0.2, 0.25) is 0 Å². The Morgan fingerprint density at radius 3 is 2.31 bits per heavy atom. The van der Waals surface area contributed by atoms with Gasteiger partial charge in [-0.25, -0.2) is 8.78 Å². The van der Waals surface area contributed by atoms with Gasteiger partial charge in [-0.3, -0.25) is 19.0 Å². The maximum Gasteiger partial charge on any atom is 0.307 e. The minimum Gasteiger partial charge on any atom is -0.481 e. The third kappa shape index (κ3) is 5.15. The number of nitrogens with two attached hydrogens (primary N) is 1. The van der Waals surface area contributed by atoms with E-state index in [2.05, 4.69) is 5.32 Å². The Morgan fingerprint density at radius 1 is 0.917 bits per heavy atom. The zero-order valence-electron chi connectivity index (χ0n) is 18.9. The molecule has 0 unspecified atom stereocenters. The van der Waals surface area contributed by atoms with E-state index in [1.807, 2.05) is 0 Å². The highest BCUT2D eigenvalue weighted by Gasteiger charge is 2.20. The fourth-order valence-electron chi connectivity index (χ4n) is 3.80. The third-order valence-corrected chi connectivity index (χ3v) is 5.59. The van der Waals surface area contributed by atoms with E-state index < -0.39 is 28.9 Å². The molecule has 1 heterocycles. The second-order valence-electron chi connectivity index (χ2n) is 8.01. The average molecular weight is 489 g/mol. The van der Waals surface area contributed by atoms with Crippen LogP contribution < -0.4 is 16.6 Å². The van der Waals surface area contributed by atoms with Gasteiger partial charge < -0.3 is 16.2 Å².